The van der Waals surface area contributed by atoms with Crippen LogP contribution < -0.4 is 5.73 Å². The summed E-state index contributed by atoms with van der Waals surface area (Å²) in [5.41, 5.74) is 6.35. The first-order valence-electron chi connectivity index (χ1n) is 3.48. The zero-order chi connectivity index (χ0) is 8.01. The van der Waals surface area contributed by atoms with E-state index in [1.54, 1.807) is 0 Å². The Morgan fingerprint density at radius 3 is 3.09 bits per heavy atom. The monoisotopic (exact) mass is 166 g/mol. The van der Waals surface area contributed by atoms with Crippen LogP contribution in [0.25, 0.3) is 0 Å². The van der Waals surface area contributed by atoms with Crippen LogP contribution in [0.1, 0.15) is 15.4 Å². The number of nitrogens with zero attached hydrogens (tertiary/aromatic N) is 1. The minimum atomic E-state index is 0.115. The summed E-state index contributed by atoms with van der Waals surface area (Å²) in [6.07, 6.45) is 0.766. The van der Waals surface area contributed by atoms with E-state index in [1.807, 2.05) is 7.85 Å². The van der Waals surface area contributed by atoms with Gasteiger partial charge in [0.1, 0.15) is 7.85 Å². The molecule has 3 nitrogen and oxygen atoms in total. The predicted molar refractivity (Wildman–Crippen MR) is 46.9 cm³/mol. The topological polar surface area (TPSA) is 56.0 Å². The van der Waals surface area contributed by atoms with Crippen LogP contribution >= 0.6 is 11.3 Å². The third-order valence-corrected chi connectivity index (χ3v) is 2.83. The molecular formula is C6H7BN2OS. The summed E-state index contributed by atoms with van der Waals surface area (Å²) < 4.78 is 0. The molecule has 0 bridgehead atoms. The number of carbonyl (C=O) groups excluding carboxylic acids is 1. The van der Waals surface area contributed by atoms with E-state index < -0.39 is 0 Å². The molecule has 2 rings (SSSR count). The normalized spacial score (nSPS) is 22.2. The van der Waals surface area contributed by atoms with Crippen LogP contribution in [0.4, 0.5) is 5.13 Å². The Morgan fingerprint density at radius 2 is 2.45 bits per heavy atom. The van der Waals surface area contributed by atoms with Gasteiger partial charge in [-0.25, -0.2) is 4.98 Å². The number of rotatable bonds is 0. The third kappa shape index (κ3) is 0.877. The molecule has 1 heterocycles. The number of Topliss-reactive ketones (excluding diaryl/α,β-unsaturated/α-hetero) is 1. The highest BCUT2D eigenvalue weighted by Gasteiger charge is 2.30. The van der Waals surface area contributed by atoms with E-state index in [9.17, 15) is 4.79 Å². The molecule has 1 atom stereocenters. The van der Waals surface area contributed by atoms with E-state index in [1.165, 1.54) is 11.3 Å². The molecule has 0 radical (unpaired) electrons. The lowest BCUT2D eigenvalue weighted by molar-refractivity contribution is 0.0998. The van der Waals surface area contributed by atoms with Crippen LogP contribution in [0, 0.1) is 0 Å². The Bertz CT molecular complexity index is 322. The summed E-state index contributed by atoms with van der Waals surface area (Å²) in [6.45, 7) is 0. The summed E-state index contributed by atoms with van der Waals surface area (Å²) >= 11 is 1.31. The van der Waals surface area contributed by atoms with Gasteiger partial charge in [0.15, 0.2) is 10.9 Å². The predicted octanol–water partition coefficient (Wildman–Crippen LogP) is -0.114. The smallest absolute Gasteiger partial charge is 0.180 e. The van der Waals surface area contributed by atoms with Crippen LogP contribution in [0.2, 0.25) is 5.82 Å². The number of anilines is 1. The van der Waals surface area contributed by atoms with Gasteiger partial charge in [-0.15, -0.1) is 0 Å². The molecule has 5 heteroatoms. The minimum absolute atomic E-state index is 0.115. The molecule has 0 spiro atoms. The first kappa shape index (κ1) is 6.85. The van der Waals surface area contributed by atoms with Crippen LogP contribution in [0.5, 0.6) is 0 Å². The molecule has 0 aromatic carbocycles. The number of hydrogen-bond donors (Lipinski definition) is 1. The molecule has 1 aromatic heterocycles. The fourth-order valence-corrected chi connectivity index (χ4v) is 2.22. The molecule has 1 aliphatic rings. The fourth-order valence-electron chi connectivity index (χ4n) is 1.31. The van der Waals surface area contributed by atoms with E-state index in [-0.39, 0.29) is 11.6 Å². The number of fused-ring (bicyclic) bond motifs is 1. The second kappa shape index (κ2) is 2.07. The lowest BCUT2D eigenvalue weighted by Gasteiger charge is -1.94. The Labute approximate surface area is 69.0 Å². The highest BCUT2D eigenvalue weighted by molar-refractivity contribution is 7.17. The van der Waals surface area contributed by atoms with Gasteiger partial charge in [0.25, 0.3) is 0 Å². The van der Waals surface area contributed by atoms with Crippen molar-refractivity contribution in [3.8, 4) is 0 Å². The van der Waals surface area contributed by atoms with Gasteiger partial charge in [-0.3, -0.25) is 4.79 Å². The number of nitrogen functional groups attached to an aromatic ring is 1. The molecule has 0 fully saturated rings. The van der Waals surface area contributed by atoms with Crippen molar-refractivity contribution in [2.24, 2.45) is 0 Å². The van der Waals surface area contributed by atoms with Gasteiger partial charge in [-0.1, -0.05) is 11.3 Å². The molecule has 11 heavy (non-hydrogen) atoms. The molecule has 0 saturated carbocycles. The summed E-state index contributed by atoms with van der Waals surface area (Å²) in [7, 11) is 1.92. The van der Waals surface area contributed by atoms with Crippen LogP contribution in [-0.2, 0) is 6.42 Å². The van der Waals surface area contributed by atoms with Crippen molar-refractivity contribution < 1.29 is 4.79 Å². The van der Waals surface area contributed by atoms with Gasteiger partial charge in [-0.05, 0) is 12.2 Å². The number of nitrogens with two attached hydrogens (primary N) is 1. The Kier molecular flexibility index (Phi) is 1.29. The maximum Gasteiger partial charge on any atom is 0.180 e. The van der Waals surface area contributed by atoms with Crippen molar-refractivity contribution in [2.45, 2.75) is 12.2 Å². The first-order chi connectivity index (χ1) is 5.18. The number of thiazole rings is 1. The molecular weight excluding hydrogens is 159 g/mol. The number of ketones is 1. The van der Waals surface area contributed by atoms with Crippen molar-refractivity contribution in [2.75, 3.05) is 5.73 Å². The molecule has 0 saturated heterocycles. The molecule has 1 unspecified atom stereocenters. The first-order valence-corrected chi connectivity index (χ1v) is 4.29. The van der Waals surface area contributed by atoms with Gasteiger partial charge in [-0.2, -0.15) is 0 Å². The molecule has 1 aliphatic carbocycles. The quantitative estimate of drug-likeness (QED) is 0.547. The zero-order valence-corrected chi connectivity index (χ0v) is 6.94. The maximum absolute atomic E-state index is 11.3. The second-order valence-corrected chi connectivity index (χ2v) is 3.83. The van der Waals surface area contributed by atoms with E-state index in [0.29, 0.717) is 5.13 Å². The van der Waals surface area contributed by atoms with E-state index in [0.717, 1.165) is 17.0 Å². The maximum atomic E-state index is 11.3. The number of hydrogen-bond acceptors (Lipinski definition) is 4. The molecule has 56 valence electrons. The van der Waals surface area contributed by atoms with Crippen LogP contribution in [0.15, 0.2) is 0 Å². The van der Waals surface area contributed by atoms with Crippen LogP contribution in [-0.4, -0.2) is 18.6 Å². The van der Waals surface area contributed by atoms with Crippen LogP contribution in [0.3, 0.4) is 0 Å². The summed E-state index contributed by atoms with van der Waals surface area (Å²) in [5, 5.41) is 0.509. The Morgan fingerprint density at radius 1 is 1.73 bits per heavy atom. The standard InChI is InChI=1S/C6H7BN2OS/c7-2-1-3-5(4(2)10)11-6(8)9-3/h2H,1,7H2,(H2,8,9). The van der Waals surface area contributed by atoms with Gasteiger partial charge >= 0.3 is 0 Å². The fraction of sp³-hybridized carbons (Fsp3) is 0.333. The third-order valence-electron chi connectivity index (χ3n) is 1.88. The van der Waals surface area contributed by atoms with Gasteiger partial charge in [0.05, 0.1) is 10.6 Å². The van der Waals surface area contributed by atoms with Crippen molar-refractivity contribution in [3.63, 3.8) is 0 Å². The lowest BCUT2D eigenvalue weighted by Crippen LogP contribution is -2.00. The average Bonchev–Trinajstić information content (AvgIpc) is 2.37. The average molecular weight is 166 g/mol. The van der Waals surface area contributed by atoms with Crippen molar-refractivity contribution in [1.29, 1.82) is 0 Å². The molecule has 0 aliphatic heterocycles. The van der Waals surface area contributed by atoms with Crippen molar-refractivity contribution >= 4 is 30.1 Å². The SMILES string of the molecule is BC1Cc2nc(N)sc2C1=O. The highest BCUT2D eigenvalue weighted by atomic mass is 32.1. The number of carbonyl (C=O) groups is 1. The molecule has 0 amide bonds. The van der Waals surface area contributed by atoms with Crippen molar-refractivity contribution in [1.82, 2.24) is 4.98 Å². The largest absolute Gasteiger partial charge is 0.375 e. The minimum Gasteiger partial charge on any atom is -0.375 e. The van der Waals surface area contributed by atoms with Gasteiger partial charge in [0.2, 0.25) is 0 Å². The zero-order valence-electron chi connectivity index (χ0n) is 6.13. The van der Waals surface area contributed by atoms with E-state index in [2.05, 4.69) is 4.98 Å². The van der Waals surface area contributed by atoms with Crippen molar-refractivity contribution in [3.05, 3.63) is 10.6 Å². The summed E-state index contributed by atoms with van der Waals surface area (Å²) in [5.74, 6) is 0.318. The van der Waals surface area contributed by atoms with Gasteiger partial charge < -0.3 is 5.73 Å². The Hall–Kier alpha value is -0.835. The molecule has 2 N–H and O–H groups in total. The second-order valence-electron chi connectivity index (χ2n) is 2.80. The van der Waals surface area contributed by atoms with E-state index in [4.69, 9.17) is 5.73 Å². The van der Waals surface area contributed by atoms with E-state index >= 15 is 0 Å². The summed E-state index contributed by atoms with van der Waals surface area (Å²) in [4.78, 5) is 16.2. The number of aromatic nitrogens is 1. The Balaban J connectivity index is 2.52. The van der Waals surface area contributed by atoms with Gasteiger partial charge in [0, 0.05) is 0 Å². The summed E-state index contributed by atoms with van der Waals surface area (Å²) in [6, 6.07) is 0. The lowest BCUT2D eigenvalue weighted by atomic mass is 9.85. The highest BCUT2D eigenvalue weighted by Crippen LogP contribution is 2.33. The molecule has 1 aromatic rings.